The molecule has 3 fully saturated rings. The lowest BCUT2D eigenvalue weighted by molar-refractivity contribution is -0.293. The minimum atomic E-state index is -1.45. The quantitative estimate of drug-likeness (QED) is 0.353. The van der Waals surface area contributed by atoms with Gasteiger partial charge in [0.25, 0.3) is 5.79 Å². The predicted molar refractivity (Wildman–Crippen MR) is 138 cm³/mol. The van der Waals surface area contributed by atoms with Crippen LogP contribution >= 0.6 is 0 Å². The van der Waals surface area contributed by atoms with Crippen LogP contribution in [0.3, 0.4) is 0 Å². The Morgan fingerprint density at radius 2 is 1.69 bits per heavy atom. The number of aliphatic hydroxyl groups is 1. The summed E-state index contributed by atoms with van der Waals surface area (Å²) < 4.78 is 12.0. The van der Waals surface area contributed by atoms with Crippen molar-refractivity contribution in [1.82, 2.24) is 0 Å². The van der Waals surface area contributed by atoms with Crippen LogP contribution in [0.2, 0.25) is 0 Å². The second-order valence-electron chi connectivity index (χ2n) is 13.6. The molecule has 1 heterocycles. The summed E-state index contributed by atoms with van der Waals surface area (Å²) in [5.74, 6) is 1.06. The molecule has 0 amide bonds. The molecule has 5 nitrogen and oxygen atoms in total. The van der Waals surface area contributed by atoms with Crippen LogP contribution in [-0.4, -0.2) is 28.9 Å². The summed E-state index contributed by atoms with van der Waals surface area (Å²) in [6.45, 7) is 11.8. The number of hydrogen-bond acceptors (Lipinski definition) is 5. The number of aliphatic hydroxyl groups excluding tert-OH is 1. The molecule has 200 valence electrons. The van der Waals surface area contributed by atoms with Gasteiger partial charge in [0.1, 0.15) is 0 Å². The first kappa shape index (κ1) is 26.0. The summed E-state index contributed by atoms with van der Waals surface area (Å²) in [4.78, 5) is 25.2. The Labute approximate surface area is 217 Å². The average Bonchev–Trinajstić information content (AvgIpc) is 3.08. The highest BCUT2D eigenvalue weighted by Crippen LogP contribution is 2.69. The third-order valence-corrected chi connectivity index (χ3v) is 11.3. The third kappa shape index (κ3) is 3.99. The fourth-order valence-electron chi connectivity index (χ4n) is 9.60. The molecule has 0 unspecified atom stereocenters. The first-order chi connectivity index (χ1) is 17.0. The van der Waals surface area contributed by atoms with Crippen molar-refractivity contribution in [2.45, 2.75) is 111 Å². The van der Waals surface area contributed by atoms with E-state index in [-0.39, 0.29) is 12.3 Å². The van der Waals surface area contributed by atoms with Gasteiger partial charge in [-0.25, -0.2) is 9.59 Å². The molecule has 1 spiro atoms. The van der Waals surface area contributed by atoms with E-state index in [0.29, 0.717) is 23.7 Å². The molecule has 5 rings (SSSR count). The molecule has 0 aromatic rings. The van der Waals surface area contributed by atoms with Crippen molar-refractivity contribution in [1.29, 1.82) is 0 Å². The molecule has 5 heteroatoms. The third-order valence-electron chi connectivity index (χ3n) is 11.3. The number of carbonyl (C=O) groups is 2. The fraction of sp³-hybridized carbons (Fsp3) is 0.806. The highest BCUT2D eigenvalue weighted by molar-refractivity contribution is 5.93. The van der Waals surface area contributed by atoms with Gasteiger partial charge in [-0.05, 0) is 86.4 Å². The number of esters is 2. The molecule has 8 atom stereocenters. The zero-order chi connectivity index (χ0) is 25.9. The summed E-state index contributed by atoms with van der Waals surface area (Å²) in [6, 6.07) is 0. The molecule has 0 radical (unpaired) electrons. The number of ether oxygens (including phenoxy) is 2. The minimum absolute atomic E-state index is 0.140. The van der Waals surface area contributed by atoms with Gasteiger partial charge < -0.3 is 14.6 Å². The summed E-state index contributed by atoms with van der Waals surface area (Å²) in [6.07, 6.45) is 14.3. The maximum absolute atomic E-state index is 12.6. The number of fused-ring (bicyclic) bond motifs is 6. The van der Waals surface area contributed by atoms with E-state index in [1.54, 1.807) is 0 Å². The van der Waals surface area contributed by atoms with Crippen molar-refractivity contribution in [3.63, 3.8) is 0 Å². The van der Waals surface area contributed by atoms with Crippen LogP contribution in [0.4, 0.5) is 0 Å². The lowest BCUT2D eigenvalue weighted by atomic mass is 9.45. The molecular weight excluding hydrogens is 452 g/mol. The van der Waals surface area contributed by atoms with E-state index >= 15 is 0 Å². The van der Waals surface area contributed by atoms with Crippen LogP contribution in [-0.2, 0) is 19.1 Å². The van der Waals surface area contributed by atoms with Crippen LogP contribution in [0.5, 0.6) is 0 Å². The molecule has 0 bridgehead atoms. The lowest BCUT2D eigenvalue weighted by Gasteiger charge is -2.62. The van der Waals surface area contributed by atoms with Gasteiger partial charge in [0.2, 0.25) is 0 Å². The molecule has 5 aliphatic rings. The van der Waals surface area contributed by atoms with Crippen molar-refractivity contribution < 1.29 is 24.2 Å². The second-order valence-corrected chi connectivity index (χ2v) is 13.6. The number of rotatable bonds is 5. The van der Waals surface area contributed by atoms with Crippen LogP contribution in [0.15, 0.2) is 23.8 Å². The molecule has 3 saturated carbocycles. The Kier molecular flexibility index (Phi) is 6.71. The van der Waals surface area contributed by atoms with Crippen LogP contribution < -0.4 is 0 Å². The van der Waals surface area contributed by atoms with E-state index in [1.165, 1.54) is 38.5 Å². The Morgan fingerprint density at radius 3 is 2.36 bits per heavy atom. The Bertz CT molecular complexity index is 929. The molecule has 4 aliphatic carbocycles. The van der Waals surface area contributed by atoms with Crippen molar-refractivity contribution in [2.75, 3.05) is 0 Å². The van der Waals surface area contributed by atoms with Crippen molar-refractivity contribution in [2.24, 2.45) is 46.3 Å². The Morgan fingerprint density at radius 1 is 1.00 bits per heavy atom. The van der Waals surface area contributed by atoms with Gasteiger partial charge in [0.05, 0.1) is 17.9 Å². The van der Waals surface area contributed by atoms with E-state index in [0.717, 1.165) is 48.3 Å². The number of hydrogen-bond donors (Lipinski definition) is 1. The summed E-state index contributed by atoms with van der Waals surface area (Å²) >= 11 is 0. The fourth-order valence-corrected chi connectivity index (χ4v) is 9.60. The largest absolute Gasteiger partial charge is 0.418 e. The van der Waals surface area contributed by atoms with Crippen LogP contribution in [0, 0.1) is 46.3 Å². The normalized spacial score (nSPS) is 42.1. The predicted octanol–water partition coefficient (Wildman–Crippen LogP) is 6.35. The lowest BCUT2D eigenvalue weighted by Crippen LogP contribution is -2.64. The molecule has 0 aromatic heterocycles. The van der Waals surface area contributed by atoms with Gasteiger partial charge >= 0.3 is 11.9 Å². The Balaban J connectivity index is 1.45. The maximum atomic E-state index is 12.6. The zero-order valence-electron chi connectivity index (χ0n) is 22.9. The maximum Gasteiger partial charge on any atom is 0.334 e. The van der Waals surface area contributed by atoms with E-state index in [2.05, 4.69) is 40.7 Å². The molecule has 0 saturated heterocycles. The van der Waals surface area contributed by atoms with E-state index in [1.807, 2.05) is 0 Å². The standard InChI is InChI=1S/C31H46O5/c1-19(2)7-6-8-20(3)24-11-12-25-23-10-9-21-17-22(32)18-31(35-27(33)13-14-28(34)36-31)30(21,5)26(23)15-16-29(24,25)4/h9,13-14,19-20,22-26,32H,6-8,10-12,15-18H2,1-5H3/t20-,22+,23+,24-,25+,26+,29-,30+/m1/s1. The van der Waals surface area contributed by atoms with Gasteiger partial charge in [-0.1, -0.05) is 58.6 Å². The summed E-state index contributed by atoms with van der Waals surface area (Å²) in [7, 11) is 0. The van der Waals surface area contributed by atoms with E-state index in [9.17, 15) is 14.7 Å². The average molecular weight is 499 g/mol. The molecule has 1 N–H and O–H groups in total. The SMILES string of the molecule is CC(C)CCC[C@@H](C)[C@H]1CC[C@H]2[C@@H]3CC=C4C[C@H](O)CC5(OC(=O)C=CC(=O)O5)[C@]4(C)[C@H]3CC[C@]12C. The van der Waals surface area contributed by atoms with E-state index < -0.39 is 29.2 Å². The smallest absolute Gasteiger partial charge is 0.334 e. The molecule has 1 aliphatic heterocycles. The van der Waals surface area contributed by atoms with Gasteiger partial charge in [-0.3, -0.25) is 0 Å². The first-order valence-electron chi connectivity index (χ1n) is 14.5. The van der Waals surface area contributed by atoms with Crippen LogP contribution in [0.25, 0.3) is 0 Å². The van der Waals surface area contributed by atoms with Gasteiger partial charge in [0, 0.05) is 12.2 Å². The van der Waals surface area contributed by atoms with E-state index in [4.69, 9.17) is 9.47 Å². The number of carbonyl (C=O) groups excluding carboxylic acids is 2. The van der Waals surface area contributed by atoms with Crippen LogP contribution in [0.1, 0.15) is 98.8 Å². The topological polar surface area (TPSA) is 72.8 Å². The Hall–Kier alpha value is -1.62. The van der Waals surface area contributed by atoms with Gasteiger partial charge in [-0.2, -0.15) is 0 Å². The highest BCUT2D eigenvalue weighted by Gasteiger charge is 2.68. The van der Waals surface area contributed by atoms with Gasteiger partial charge in [-0.15, -0.1) is 0 Å². The second kappa shape index (κ2) is 9.29. The molecular formula is C31H46O5. The molecule has 36 heavy (non-hydrogen) atoms. The zero-order valence-corrected chi connectivity index (χ0v) is 22.9. The van der Waals surface area contributed by atoms with Gasteiger partial charge in [0.15, 0.2) is 0 Å². The highest BCUT2D eigenvalue weighted by atomic mass is 16.7. The van der Waals surface area contributed by atoms with Crippen molar-refractivity contribution in [3.8, 4) is 0 Å². The minimum Gasteiger partial charge on any atom is -0.418 e. The summed E-state index contributed by atoms with van der Waals surface area (Å²) in [5.41, 5.74) is 0.819. The first-order valence-corrected chi connectivity index (χ1v) is 14.5. The monoisotopic (exact) mass is 498 g/mol. The van der Waals surface area contributed by atoms with Crippen molar-refractivity contribution in [3.05, 3.63) is 23.8 Å². The summed E-state index contributed by atoms with van der Waals surface area (Å²) in [5, 5.41) is 10.8. The molecule has 0 aromatic carbocycles. The van der Waals surface area contributed by atoms with Crippen molar-refractivity contribution >= 4 is 11.9 Å². The number of allylic oxidation sites excluding steroid dienone is 1.